The molecule has 0 bridgehead atoms. The molecule has 1 aromatic heterocycles. The Kier molecular flexibility index (Phi) is 5.64. The second-order valence-electron chi connectivity index (χ2n) is 6.53. The number of hydrogen-bond acceptors (Lipinski definition) is 3. The number of amides is 1. The summed E-state index contributed by atoms with van der Waals surface area (Å²) in [4.78, 5) is 19.1. The molecule has 144 valence electrons. The van der Waals surface area contributed by atoms with Crippen LogP contribution < -0.4 is 5.32 Å². The number of hydrogen-bond donors (Lipinski definition) is 1. The maximum absolute atomic E-state index is 13.5. The molecule has 1 saturated carbocycles. The zero-order valence-corrected chi connectivity index (χ0v) is 14.8. The quantitative estimate of drug-likeness (QED) is 0.720. The summed E-state index contributed by atoms with van der Waals surface area (Å²) in [5.74, 6) is -2.22. The van der Waals surface area contributed by atoms with Crippen molar-refractivity contribution in [2.45, 2.75) is 31.4 Å². The molecule has 1 unspecified atom stereocenters. The molecule has 0 aliphatic heterocycles. The van der Waals surface area contributed by atoms with Crippen LogP contribution in [-0.2, 0) is 6.18 Å². The molecule has 1 heterocycles. The van der Waals surface area contributed by atoms with E-state index in [1.165, 1.54) is 12.1 Å². The van der Waals surface area contributed by atoms with Gasteiger partial charge < -0.3 is 5.32 Å². The highest BCUT2D eigenvalue weighted by molar-refractivity contribution is 6.34. The van der Waals surface area contributed by atoms with Crippen LogP contribution in [0.2, 0.25) is 5.02 Å². The molecule has 1 N–H and O–H groups in total. The molecule has 1 aliphatic rings. The molecule has 27 heavy (non-hydrogen) atoms. The Balaban J connectivity index is 1.71. The molecule has 9 heteroatoms. The van der Waals surface area contributed by atoms with E-state index in [-0.39, 0.29) is 23.0 Å². The summed E-state index contributed by atoms with van der Waals surface area (Å²) in [5.41, 5.74) is 0.519. The first-order chi connectivity index (χ1) is 12.8. The lowest BCUT2D eigenvalue weighted by molar-refractivity contribution is -0.145. The molecular formula is C18H16ClF4N3O. The van der Waals surface area contributed by atoms with Crippen molar-refractivity contribution in [2.24, 2.45) is 5.92 Å². The topological polar surface area (TPSA) is 54.9 Å². The lowest BCUT2D eigenvalue weighted by Crippen LogP contribution is -2.29. The van der Waals surface area contributed by atoms with Gasteiger partial charge in [-0.15, -0.1) is 0 Å². The van der Waals surface area contributed by atoms with E-state index in [1.54, 1.807) is 0 Å². The number of aromatic nitrogens is 2. The number of nitrogens with one attached hydrogen (secondary N) is 1. The van der Waals surface area contributed by atoms with Crippen molar-refractivity contribution >= 4 is 17.5 Å². The normalized spacial score (nSPS) is 15.4. The third-order valence-electron chi connectivity index (χ3n) is 4.42. The Bertz CT molecular complexity index is 822. The van der Waals surface area contributed by atoms with Crippen molar-refractivity contribution in [3.63, 3.8) is 0 Å². The fraction of sp³-hybridized carbons (Fsp3) is 0.389. The summed E-state index contributed by atoms with van der Waals surface area (Å²) < 4.78 is 51.4. The highest BCUT2D eigenvalue weighted by atomic mass is 35.5. The van der Waals surface area contributed by atoms with Crippen molar-refractivity contribution in [1.82, 2.24) is 15.3 Å². The number of carbonyl (C=O) groups is 1. The molecule has 1 amide bonds. The summed E-state index contributed by atoms with van der Waals surface area (Å²) >= 11 is 5.81. The zero-order chi connectivity index (χ0) is 19.6. The average molecular weight is 402 g/mol. The van der Waals surface area contributed by atoms with Crippen LogP contribution in [0, 0.1) is 11.7 Å². The van der Waals surface area contributed by atoms with Crippen molar-refractivity contribution in [3.8, 4) is 0 Å². The van der Waals surface area contributed by atoms with Crippen molar-refractivity contribution in [2.75, 3.05) is 6.54 Å². The molecule has 4 nitrogen and oxygen atoms in total. The van der Waals surface area contributed by atoms with Crippen LogP contribution >= 0.6 is 11.6 Å². The van der Waals surface area contributed by atoms with Crippen LogP contribution in [-0.4, -0.2) is 22.4 Å². The SMILES string of the molecule is O=C(NCC(CC1CC1)c1cnc(C(F)(F)F)nc1)c1cccc(F)c1Cl. The van der Waals surface area contributed by atoms with E-state index >= 15 is 0 Å². The van der Waals surface area contributed by atoms with E-state index in [2.05, 4.69) is 15.3 Å². The van der Waals surface area contributed by atoms with Gasteiger partial charge in [-0.1, -0.05) is 30.5 Å². The predicted molar refractivity (Wildman–Crippen MR) is 90.9 cm³/mol. The lowest BCUT2D eigenvalue weighted by atomic mass is 9.95. The molecule has 2 aromatic rings. The molecular weight excluding hydrogens is 386 g/mol. The van der Waals surface area contributed by atoms with E-state index in [1.807, 2.05) is 0 Å². The number of carbonyl (C=O) groups excluding carboxylic acids is 1. The van der Waals surface area contributed by atoms with Gasteiger partial charge in [-0.3, -0.25) is 4.79 Å². The summed E-state index contributed by atoms with van der Waals surface area (Å²) in [7, 11) is 0. The summed E-state index contributed by atoms with van der Waals surface area (Å²) in [6.45, 7) is 0.164. The average Bonchev–Trinajstić information content (AvgIpc) is 3.44. The Hall–Kier alpha value is -2.22. The Morgan fingerprint density at radius 1 is 1.26 bits per heavy atom. The van der Waals surface area contributed by atoms with Gasteiger partial charge >= 0.3 is 6.18 Å². The van der Waals surface area contributed by atoms with Gasteiger partial charge in [0, 0.05) is 24.9 Å². The second kappa shape index (κ2) is 7.80. The predicted octanol–water partition coefficient (Wildman–Crippen LogP) is 4.60. The monoisotopic (exact) mass is 401 g/mol. The minimum Gasteiger partial charge on any atom is -0.351 e. The number of benzene rings is 1. The molecule has 0 spiro atoms. The van der Waals surface area contributed by atoms with Crippen molar-refractivity contribution in [1.29, 1.82) is 0 Å². The first-order valence-electron chi connectivity index (χ1n) is 8.37. The van der Waals surface area contributed by atoms with Crippen LogP contribution in [0.1, 0.15) is 46.9 Å². The van der Waals surface area contributed by atoms with Crippen LogP contribution in [0.25, 0.3) is 0 Å². The van der Waals surface area contributed by atoms with Gasteiger partial charge in [0.25, 0.3) is 5.91 Å². The van der Waals surface area contributed by atoms with Gasteiger partial charge in [0.2, 0.25) is 5.82 Å². The standard InChI is InChI=1S/C18H16ClF4N3O/c19-15-13(2-1-3-14(15)20)16(27)24-7-11(6-10-4-5-10)12-8-25-17(26-9-12)18(21,22)23/h1-3,8-11H,4-7H2,(H,24,27). The summed E-state index contributed by atoms with van der Waals surface area (Å²) in [6.07, 6.45) is 0.469. The summed E-state index contributed by atoms with van der Waals surface area (Å²) in [5, 5.41) is 2.40. The van der Waals surface area contributed by atoms with Crippen LogP contribution in [0.15, 0.2) is 30.6 Å². The minimum atomic E-state index is -4.60. The smallest absolute Gasteiger partial charge is 0.351 e. The van der Waals surface area contributed by atoms with Gasteiger partial charge in [-0.25, -0.2) is 14.4 Å². The first kappa shape index (κ1) is 19.5. The van der Waals surface area contributed by atoms with E-state index in [0.717, 1.165) is 31.3 Å². The number of nitrogens with zero attached hydrogens (tertiary/aromatic N) is 2. The first-order valence-corrected chi connectivity index (χ1v) is 8.75. The third kappa shape index (κ3) is 4.94. The molecule has 3 rings (SSSR count). The Labute approximate surface area is 158 Å². The zero-order valence-electron chi connectivity index (χ0n) is 14.1. The maximum atomic E-state index is 13.5. The maximum Gasteiger partial charge on any atom is 0.451 e. The molecule has 1 aliphatic carbocycles. The van der Waals surface area contributed by atoms with Gasteiger partial charge in [-0.05, 0) is 30.0 Å². The van der Waals surface area contributed by atoms with E-state index in [4.69, 9.17) is 11.6 Å². The number of halogens is 5. The number of rotatable bonds is 6. The molecule has 0 saturated heterocycles. The van der Waals surface area contributed by atoms with E-state index in [0.29, 0.717) is 17.9 Å². The number of alkyl halides is 3. The van der Waals surface area contributed by atoms with Gasteiger partial charge in [0.05, 0.1) is 10.6 Å². The van der Waals surface area contributed by atoms with Gasteiger partial charge in [0.1, 0.15) is 5.82 Å². The largest absolute Gasteiger partial charge is 0.451 e. The van der Waals surface area contributed by atoms with Crippen LogP contribution in [0.4, 0.5) is 17.6 Å². The highest BCUT2D eigenvalue weighted by Crippen LogP contribution is 2.38. The van der Waals surface area contributed by atoms with Crippen LogP contribution in [0.5, 0.6) is 0 Å². The minimum absolute atomic E-state index is 0.00510. The van der Waals surface area contributed by atoms with Gasteiger partial charge in [-0.2, -0.15) is 13.2 Å². The molecule has 1 atom stereocenters. The molecule has 1 fully saturated rings. The van der Waals surface area contributed by atoms with Crippen molar-refractivity contribution in [3.05, 3.63) is 58.4 Å². The summed E-state index contributed by atoms with van der Waals surface area (Å²) in [6, 6.07) is 3.92. The molecule has 0 radical (unpaired) electrons. The van der Waals surface area contributed by atoms with E-state index < -0.39 is 23.7 Å². The third-order valence-corrected chi connectivity index (χ3v) is 4.80. The Morgan fingerprint density at radius 2 is 1.93 bits per heavy atom. The lowest BCUT2D eigenvalue weighted by Gasteiger charge is -2.18. The van der Waals surface area contributed by atoms with Gasteiger partial charge in [0.15, 0.2) is 0 Å². The fourth-order valence-electron chi connectivity index (χ4n) is 2.78. The second-order valence-corrected chi connectivity index (χ2v) is 6.90. The highest BCUT2D eigenvalue weighted by Gasteiger charge is 2.35. The molecule has 1 aromatic carbocycles. The fourth-order valence-corrected chi connectivity index (χ4v) is 2.99. The van der Waals surface area contributed by atoms with E-state index in [9.17, 15) is 22.4 Å². The Morgan fingerprint density at radius 3 is 2.52 bits per heavy atom. The van der Waals surface area contributed by atoms with Crippen LogP contribution in [0.3, 0.4) is 0 Å². The van der Waals surface area contributed by atoms with Crippen molar-refractivity contribution < 1.29 is 22.4 Å².